The number of nitrogens with zero attached hydrogens (tertiary/aromatic N) is 7. The molecule has 5 rings (SSSR count). The molecule has 1 fully saturated rings. The van der Waals surface area contributed by atoms with E-state index in [-0.39, 0.29) is 5.56 Å². The third kappa shape index (κ3) is 3.81. The van der Waals surface area contributed by atoms with Gasteiger partial charge in [-0.15, -0.1) is 11.3 Å². The van der Waals surface area contributed by atoms with Crippen molar-refractivity contribution in [1.29, 1.82) is 0 Å². The Morgan fingerprint density at radius 1 is 0.933 bits per heavy atom. The fraction of sp³-hybridized carbons (Fsp3) is 0.286. The standard InChI is InChI=1S/C21H21N7OS/c29-19-2-1-17(16-3-6-22-7-4-16)25-28(19)13-10-26-8-11-27(12-9-26)21-20-18(5-14-30-20)23-15-24-21/h1-7,14-15H,8-13H2. The minimum atomic E-state index is -0.0764. The van der Waals surface area contributed by atoms with Crippen molar-refractivity contribution >= 4 is 27.4 Å². The molecular weight excluding hydrogens is 398 g/mol. The molecule has 1 aliphatic rings. The van der Waals surface area contributed by atoms with E-state index in [1.54, 1.807) is 46.9 Å². The fourth-order valence-electron chi connectivity index (χ4n) is 3.71. The molecule has 0 N–H and O–H groups in total. The number of hydrogen-bond acceptors (Lipinski definition) is 8. The van der Waals surface area contributed by atoms with Gasteiger partial charge in [0.25, 0.3) is 5.56 Å². The van der Waals surface area contributed by atoms with Crippen LogP contribution in [0.4, 0.5) is 5.82 Å². The van der Waals surface area contributed by atoms with Crippen LogP contribution in [0.1, 0.15) is 0 Å². The van der Waals surface area contributed by atoms with E-state index < -0.39 is 0 Å². The lowest BCUT2D eigenvalue weighted by atomic mass is 10.2. The number of piperazine rings is 1. The number of rotatable bonds is 5. The van der Waals surface area contributed by atoms with E-state index in [1.807, 2.05) is 18.2 Å². The van der Waals surface area contributed by atoms with E-state index in [0.29, 0.717) is 6.54 Å². The van der Waals surface area contributed by atoms with Gasteiger partial charge in [-0.25, -0.2) is 14.6 Å². The summed E-state index contributed by atoms with van der Waals surface area (Å²) in [5.74, 6) is 1.03. The Hall–Kier alpha value is -3.17. The molecule has 0 amide bonds. The van der Waals surface area contributed by atoms with Crippen molar-refractivity contribution in [2.75, 3.05) is 37.6 Å². The van der Waals surface area contributed by atoms with Gasteiger partial charge in [0, 0.05) is 56.7 Å². The van der Waals surface area contributed by atoms with Gasteiger partial charge >= 0.3 is 0 Å². The molecule has 9 heteroatoms. The number of thiophene rings is 1. The summed E-state index contributed by atoms with van der Waals surface area (Å²) >= 11 is 1.69. The van der Waals surface area contributed by atoms with Crippen LogP contribution in [0.15, 0.2) is 59.2 Å². The summed E-state index contributed by atoms with van der Waals surface area (Å²) in [4.78, 5) is 29.8. The third-order valence-electron chi connectivity index (χ3n) is 5.37. The van der Waals surface area contributed by atoms with E-state index in [1.165, 1.54) is 0 Å². The van der Waals surface area contributed by atoms with Gasteiger partial charge in [0.05, 0.1) is 22.5 Å². The Morgan fingerprint density at radius 2 is 1.77 bits per heavy atom. The van der Waals surface area contributed by atoms with Crippen LogP contribution in [0.5, 0.6) is 0 Å². The second-order valence-corrected chi connectivity index (χ2v) is 8.09. The van der Waals surface area contributed by atoms with Gasteiger partial charge in [0.15, 0.2) is 0 Å². The first-order chi connectivity index (χ1) is 14.8. The molecule has 4 aromatic heterocycles. The Labute approximate surface area is 177 Å². The largest absolute Gasteiger partial charge is 0.353 e. The van der Waals surface area contributed by atoms with Crippen molar-refractivity contribution < 1.29 is 0 Å². The maximum Gasteiger partial charge on any atom is 0.266 e. The summed E-state index contributed by atoms with van der Waals surface area (Å²) in [6.07, 6.45) is 5.10. The van der Waals surface area contributed by atoms with Crippen molar-refractivity contribution in [1.82, 2.24) is 29.6 Å². The van der Waals surface area contributed by atoms with E-state index >= 15 is 0 Å². The van der Waals surface area contributed by atoms with Gasteiger partial charge in [-0.1, -0.05) is 0 Å². The Morgan fingerprint density at radius 3 is 2.60 bits per heavy atom. The molecule has 0 radical (unpaired) electrons. The molecular formula is C21H21N7OS. The lowest BCUT2D eigenvalue weighted by Gasteiger charge is -2.35. The Balaban J connectivity index is 1.22. The highest BCUT2D eigenvalue weighted by molar-refractivity contribution is 7.17. The van der Waals surface area contributed by atoms with Crippen molar-refractivity contribution in [2.45, 2.75) is 6.54 Å². The normalized spacial score (nSPS) is 15.0. The van der Waals surface area contributed by atoms with Crippen LogP contribution in [-0.4, -0.2) is 62.4 Å². The van der Waals surface area contributed by atoms with Gasteiger partial charge in [-0.05, 0) is 29.6 Å². The van der Waals surface area contributed by atoms with Crippen molar-refractivity contribution in [2.24, 2.45) is 0 Å². The van der Waals surface area contributed by atoms with Crippen LogP contribution in [0.2, 0.25) is 0 Å². The lowest BCUT2D eigenvalue weighted by molar-refractivity contribution is 0.242. The van der Waals surface area contributed by atoms with Gasteiger partial charge in [-0.2, -0.15) is 5.10 Å². The molecule has 8 nitrogen and oxygen atoms in total. The third-order valence-corrected chi connectivity index (χ3v) is 6.27. The summed E-state index contributed by atoms with van der Waals surface area (Å²) in [5.41, 5.74) is 2.67. The number of fused-ring (bicyclic) bond motifs is 1. The maximum atomic E-state index is 12.3. The SMILES string of the molecule is O=c1ccc(-c2ccncc2)nn1CCN1CCN(c2ncnc3ccsc23)CC1. The van der Waals surface area contributed by atoms with Crippen molar-refractivity contribution in [3.8, 4) is 11.3 Å². The highest BCUT2D eigenvalue weighted by Crippen LogP contribution is 2.28. The van der Waals surface area contributed by atoms with Crippen LogP contribution in [0, 0.1) is 0 Å². The van der Waals surface area contributed by atoms with E-state index in [0.717, 1.165) is 60.0 Å². The average molecular weight is 420 g/mol. The quantitative estimate of drug-likeness (QED) is 0.490. The van der Waals surface area contributed by atoms with Gasteiger partial charge in [-0.3, -0.25) is 14.7 Å². The van der Waals surface area contributed by atoms with E-state index in [2.05, 4.69) is 35.2 Å². The molecule has 5 heterocycles. The van der Waals surface area contributed by atoms with Crippen LogP contribution < -0.4 is 10.5 Å². The Kier molecular flexibility index (Phi) is 5.20. The first-order valence-corrected chi connectivity index (χ1v) is 10.8. The average Bonchev–Trinajstić information content (AvgIpc) is 3.29. The smallest absolute Gasteiger partial charge is 0.266 e. The zero-order chi connectivity index (χ0) is 20.3. The first kappa shape index (κ1) is 18.8. The lowest BCUT2D eigenvalue weighted by Crippen LogP contribution is -2.48. The van der Waals surface area contributed by atoms with Crippen molar-refractivity contribution in [3.05, 3.63) is 64.8 Å². The highest BCUT2D eigenvalue weighted by Gasteiger charge is 2.20. The van der Waals surface area contributed by atoms with Crippen LogP contribution >= 0.6 is 11.3 Å². The zero-order valence-corrected chi connectivity index (χ0v) is 17.2. The molecule has 152 valence electrons. The van der Waals surface area contributed by atoms with E-state index in [4.69, 9.17) is 0 Å². The summed E-state index contributed by atoms with van der Waals surface area (Å²) in [5, 5.41) is 6.60. The molecule has 0 saturated carbocycles. The topological polar surface area (TPSA) is 80.0 Å². The predicted octanol–water partition coefficient (Wildman–Crippen LogP) is 2.13. The minimum Gasteiger partial charge on any atom is -0.353 e. The highest BCUT2D eigenvalue weighted by atomic mass is 32.1. The number of hydrogen-bond donors (Lipinski definition) is 0. The molecule has 0 aliphatic carbocycles. The molecule has 0 spiro atoms. The molecule has 0 atom stereocenters. The summed E-state index contributed by atoms with van der Waals surface area (Å²) in [7, 11) is 0. The van der Waals surface area contributed by atoms with Gasteiger partial charge in [0.1, 0.15) is 12.1 Å². The second-order valence-electron chi connectivity index (χ2n) is 7.18. The maximum absolute atomic E-state index is 12.3. The number of anilines is 1. The van der Waals surface area contributed by atoms with E-state index in [9.17, 15) is 4.79 Å². The minimum absolute atomic E-state index is 0.0764. The molecule has 4 aromatic rings. The summed E-state index contributed by atoms with van der Waals surface area (Å²) in [6, 6.07) is 9.18. The van der Waals surface area contributed by atoms with Crippen LogP contribution in [0.25, 0.3) is 21.5 Å². The molecule has 0 aromatic carbocycles. The predicted molar refractivity (Wildman–Crippen MR) is 118 cm³/mol. The first-order valence-electron chi connectivity index (χ1n) is 9.92. The molecule has 0 bridgehead atoms. The second kappa shape index (κ2) is 8.29. The number of aromatic nitrogens is 5. The summed E-state index contributed by atoms with van der Waals surface area (Å²) in [6.45, 7) is 5.03. The van der Waals surface area contributed by atoms with Gasteiger partial charge < -0.3 is 4.90 Å². The van der Waals surface area contributed by atoms with Crippen molar-refractivity contribution in [3.63, 3.8) is 0 Å². The van der Waals surface area contributed by atoms with Crippen LogP contribution in [-0.2, 0) is 6.54 Å². The molecule has 1 saturated heterocycles. The number of pyridine rings is 1. The molecule has 30 heavy (non-hydrogen) atoms. The molecule has 0 unspecified atom stereocenters. The molecule has 1 aliphatic heterocycles. The van der Waals surface area contributed by atoms with Crippen LogP contribution in [0.3, 0.4) is 0 Å². The van der Waals surface area contributed by atoms with Gasteiger partial charge in [0.2, 0.25) is 0 Å². The zero-order valence-electron chi connectivity index (χ0n) is 16.4. The monoisotopic (exact) mass is 419 g/mol. The Bertz CT molecular complexity index is 1200. The fourth-order valence-corrected chi connectivity index (χ4v) is 4.57. The summed E-state index contributed by atoms with van der Waals surface area (Å²) < 4.78 is 2.71.